The Morgan fingerprint density at radius 3 is 2.71 bits per heavy atom. The summed E-state index contributed by atoms with van der Waals surface area (Å²) in [4.78, 5) is 11.0. The molecule has 6 nitrogen and oxygen atoms in total. The van der Waals surface area contributed by atoms with E-state index in [1.54, 1.807) is 6.07 Å². The van der Waals surface area contributed by atoms with Gasteiger partial charge in [-0.25, -0.2) is 8.42 Å². The molecule has 2 N–H and O–H groups in total. The van der Waals surface area contributed by atoms with Gasteiger partial charge in [0.1, 0.15) is 5.75 Å². The number of sulfone groups is 1. The van der Waals surface area contributed by atoms with Gasteiger partial charge in [0.25, 0.3) is 0 Å². The van der Waals surface area contributed by atoms with Gasteiger partial charge < -0.3 is 14.8 Å². The molecule has 0 bridgehead atoms. The van der Waals surface area contributed by atoms with Gasteiger partial charge in [0.2, 0.25) is 0 Å². The third-order valence-electron chi connectivity index (χ3n) is 3.94. The summed E-state index contributed by atoms with van der Waals surface area (Å²) in [5.41, 5.74) is 1.46. The van der Waals surface area contributed by atoms with Crippen molar-refractivity contribution < 1.29 is 23.4 Å². The minimum Gasteiger partial charge on any atom is -0.508 e. The van der Waals surface area contributed by atoms with Crippen molar-refractivity contribution in [1.82, 2.24) is 4.57 Å². The number of aromatic hydroxyl groups is 1. The molecule has 0 amide bonds. The van der Waals surface area contributed by atoms with Crippen LogP contribution in [0.25, 0.3) is 10.9 Å². The van der Waals surface area contributed by atoms with Crippen LogP contribution in [0, 0.1) is 0 Å². The zero-order valence-corrected chi connectivity index (χ0v) is 12.2. The summed E-state index contributed by atoms with van der Waals surface area (Å²) < 4.78 is 25.6. The topological polar surface area (TPSA) is 96.6 Å². The first-order valence-electron chi connectivity index (χ1n) is 6.55. The van der Waals surface area contributed by atoms with E-state index >= 15 is 0 Å². The SMILES string of the molecule is CS(=O)(=O)c1cc(O)cc2c1cc1n2CCC1CC(=O)O. The van der Waals surface area contributed by atoms with E-state index in [1.165, 1.54) is 12.1 Å². The highest BCUT2D eigenvalue weighted by Crippen LogP contribution is 2.39. The molecule has 0 aliphatic carbocycles. The maximum Gasteiger partial charge on any atom is 0.304 e. The van der Waals surface area contributed by atoms with Crippen LogP contribution in [-0.2, 0) is 21.2 Å². The molecule has 7 heteroatoms. The third-order valence-corrected chi connectivity index (χ3v) is 5.08. The van der Waals surface area contributed by atoms with Crippen LogP contribution in [0.15, 0.2) is 23.1 Å². The minimum absolute atomic E-state index is 0.0243. The Labute approximate surface area is 121 Å². The van der Waals surface area contributed by atoms with Crippen LogP contribution in [0.1, 0.15) is 24.5 Å². The van der Waals surface area contributed by atoms with Crippen molar-refractivity contribution in [2.45, 2.75) is 30.2 Å². The number of aromatic nitrogens is 1. The number of fused-ring (bicyclic) bond motifs is 3. The van der Waals surface area contributed by atoms with Gasteiger partial charge in [0, 0.05) is 35.9 Å². The lowest BCUT2D eigenvalue weighted by Gasteiger charge is -2.05. The molecule has 1 aromatic carbocycles. The molecule has 1 aromatic heterocycles. The van der Waals surface area contributed by atoms with E-state index in [2.05, 4.69) is 0 Å². The number of aliphatic carboxylic acids is 1. The number of phenols is 1. The van der Waals surface area contributed by atoms with Gasteiger partial charge in [-0.15, -0.1) is 0 Å². The van der Waals surface area contributed by atoms with Crippen molar-refractivity contribution in [3.05, 3.63) is 23.9 Å². The number of carbonyl (C=O) groups is 1. The number of carboxylic acids is 1. The molecule has 112 valence electrons. The lowest BCUT2D eigenvalue weighted by molar-refractivity contribution is -0.137. The van der Waals surface area contributed by atoms with E-state index in [4.69, 9.17) is 5.11 Å². The molecular weight excluding hydrogens is 294 g/mol. The van der Waals surface area contributed by atoms with Gasteiger partial charge in [-0.3, -0.25) is 4.79 Å². The molecule has 1 atom stereocenters. The van der Waals surface area contributed by atoms with Crippen molar-refractivity contribution in [2.24, 2.45) is 0 Å². The molecular formula is C14H15NO5S. The highest BCUT2D eigenvalue weighted by Gasteiger charge is 2.28. The van der Waals surface area contributed by atoms with Gasteiger partial charge in [-0.2, -0.15) is 0 Å². The summed E-state index contributed by atoms with van der Waals surface area (Å²) in [6, 6.07) is 4.50. The zero-order chi connectivity index (χ0) is 15.4. The highest BCUT2D eigenvalue weighted by molar-refractivity contribution is 7.91. The molecule has 0 spiro atoms. The first kappa shape index (κ1) is 13.9. The Hall–Kier alpha value is -2.02. The highest BCUT2D eigenvalue weighted by atomic mass is 32.2. The smallest absolute Gasteiger partial charge is 0.304 e. The van der Waals surface area contributed by atoms with E-state index in [1.807, 2.05) is 4.57 Å². The molecule has 1 unspecified atom stereocenters. The Balaban J connectivity index is 2.25. The summed E-state index contributed by atoms with van der Waals surface area (Å²) >= 11 is 0. The van der Waals surface area contributed by atoms with Crippen LogP contribution in [0.4, 0.5) is 0 Å². The number of hydrogen-bond acceptors (Lipinski definition) is 4. The number of nitrogens with zero attached hydrogens (tertiary/aromatic N) is 1. The lowest BCUT2D eigenvalue weighted by Crippen LogP contribution is -2.02. The Kier molecular flexibility index (Phi) is 2.98. The molecule has 0 saturated heterocycles. The number of rotatable bonds is 3. The first-order chi connectivity index (χ1) is 9.77. The van der Waals surface area contributed by atoms with Gasteiger partial charge in [0.05, 0.1) is 16.8 Å². The van der Waals surface area contributed by atoms with Crippen LogP contribution in [-0.4, -0.2) is 35.4 Å². The van der Waals surface area contributed by atoms with Crippen molar-refractivity contribution in [3.8, 4) is 5.75 Å². The fourth-order valence-electron chi connectivity index (χ4n) is 3.08. The van der Waals surface area contributed by atoms with Crippen LogP contribution >= 0.6 is 0 Å². The summed E-state index contributed by atoms with van der Waals surface area (Å²) in [7, 11) is -3.47. The van der Waals surface area contributed by atoms with Gasteiger partial charge in [0.15, 0.2) is 9.84 Å². The van der Waals surface area contributed by atoms with Crippen molar-refractivity contribution >= 4 is 26.7 Å². The van der Waals surface area contributed by atoms with Crippen LogP contribution in [0.2, 0.25) is 0 Å². The quantitative estimate of drug-likeness (QED) is 0.899. The Bertz CT molecular complexity index is 850. The monoisotopic (exact) mass is 309 g/mol. The number of benzene rings is 1. The Morgan fingerprint density at radius 2 is 2.10 bits per heavy atom. The summed E-state index contributed by atoms with van der Waals surface area (Å²) in [6.07, 6.45) is 1.83. The van der Waals surface area contributed by atoms with E-state index in [9.17, 15) is 18.3 Å². The predicted molar refractivity (Wildman–Crippen MR) is 76.3 cm³/mol. The van der Waals surface area contributed by atoms with Crippen LogP contribution < -0.4 is 0 Å². The average Bonchev–Trinajstić information content (AvgIpc) is 2.87. The fourth-order valence-corrected chi connectivity index (χ4v) is 3.97. The second-order valence-electron chi connectivity index (χ2n) is 5.45. The van der Waals surface area contributed by atoms with Crippen molar-refractivity contribution in [1.29, 1.82) is 0 Å². The fraction of sp³-hybridized carbons (Fsp3) is 0.357. The van der Waals surface area contributed by atoms with Crippen molar-refractivity contribution in [3.63, 3.8) is 0 Å². The average molecular weight is 309 g/mol. The van der Waals surface area contributed by atoms with E-state index in [-0.39, 0.29) is 23.0 Å². The predicted octanol–water partition coefficient (Wildman–Crippen LogP) is 1.71. The van der Waals surface area contributed by atoms with Gasteiger partial charge >= 0.3 is 5.97 Å². The van der Waals surface area contributed by atoms with E-state index in [0.717, 1.165) is 11.9 Å². The number of phenolic OH excluding ortho intramolecular Hbond substituents is 1. The number of aryl methyl sites for hydroxylation is 1. The maximum atomic E-state index is 11.9. The number of carboxylic acid groups (broad SMARTS) is 1. The minimum atomic E-state index is -3.47. The van der Waals surface area contributed by atoms with E-state index in [0.29, 0.717) is 23.9 Å². The standard InChI is InChI=1S/C14H15NO5S/c1-21(19,20)13-6-9(16)5-12-10(13)7-11-8(4-14(17)18)2-3-15(11)12/h5-8,16H,2-4H2,1H3,(H,17,18). The number of hydrogen-bond donors (Lipinski definition) is 2. The van der Waals surface area contributed by atoms with Crippen LogP contribution in [0.5, 0.6) is 5.75 Å². The summed E-state index contributed by atoms with van der Waals surface area (Å²) in [5, 5.41) is 19.3. The molecule has 21 heavy (non-hydrogen) atoms. The van der Waals surface area contributed by atoms with E-state index < -0.39 is 15.8 Å². The molecule has 0 saturated carbocycles. The molecule has 2 heterocycles. The maximum absolute atomic E-state index is 11.9. The molecule has 2 aromatic rings. The van der Waals surface area contributed by atoms with Crippen molar-refractivity contribution in [2.75, 3.05) is 6.26 Å². The molecule has 1 aliphatic rings. The zero-order valence-electron chi connectivity index (χ0n) is 11.4. The second kappa shape index (κ2) is 4.49. The largest absolute Gasteiger partial charge is 0.508 e. The lowest BCUT2D eigenvalue weighted by atomic mass is 10.0. The van der Waals surface area contributed by atoms with Crippen LogP contribution in [0.3, 0.4) is 0 Å². The normalized spacial score (nSPS) is 18.0. The van der Waals surface area contributed by atoms with Gasteiger partial charge in [-0.1, -0.05) is 0 Å². The molecule has 3 rings (SSSR count). The molecule has 0 fully saturated rings. The third kappa shape index (κ3) is 2.27. The molecule has 1 aliphatic heterocycles. The Morgan fingerprint density at radius 1 is 1.38 bits per heavy atom. The van der Waals surface area contributed by atoms with Gasteiger partial charge in [-0.05, 0) is 18.6 Å². The summed E-state index contributed by atoms with van der Waals surface area (Å²) in [6.45, 7) is 0.628. The summed E-state index contributed by atoms with van der Waals surface area (Å²) in [5.74, 6) is -1.10. The molecule has 0 radical (unpaired) electrons. The second-order valence-corrected chi connectivity index (χ2v) is 7.44. The first-order valence-corrected chi connectivity index (χ1v) is 8.44.